The lowest BCUT2D eigenvalue weighted by Gasteiger charge is -2.32. The number of aromatic nitrogens is 1. The lowest BCUT2D eigenvalue weighted by molar-refractivity contribution is 0.0100. The summed E-state index contributed by atoms with van der Waals surface area (Å²) >= 11 is 1.18. The monoisotopic (exact) mass is 390 g/mol. The summed E-state index contributed by atoms with van der Waals surface area (Å²) in [5, 5.41) is 10.1. The van der Waals surface area contributed by atoms with Crippen LogP contribution in [0.2, 0.25) is 18.1 Å². The molecule has 0 saturated heterocycles. The molecule has 8 nitrogen and oxygen atoms in total. The minimum absolute atomic E-state index is 0.0644. The van der Waals surface area contributed by atoms with Gasteiger partial charge in [-0.25, -0.2) is 14.3 Å². The van der Waals surface area contributed by atoms with Crippen molar-refractivity contribution in [1.29, 1.82) is 0 Å². The third-order valence-electron chi connectivity index (χ3n) is 4.31. The molecular formula is C13H26N6O2S2Si. The van der Waals surface area contributed by atoms with Crippen molar-refractivity contribution in [2.75, 3.05) is 13.7 Å². The van der Waals surface area contributed by atoms with Gasteiger partial charge in [-0.3, -0.25) is 4.03 Å². The molecule has 1 aromatic rings. The lowest BCUT2D eigenvalue weighted by Crippen LogP contribution is -2.37. The van der Waals surface area contributed by atoms with E-state index in [1.807, 2.05) is 13.1 Å². The average Bonchev–Trinajstić information content (AvgIpc) is 2.93. The van der Waals surface area contributed by atoms with Gasteiger partial charge < -0.3 is 4.74 Å². The molecule has 2 unspecified atom stereocenters. The molecule has 0 aromatic carbocycles. The topological polar surface area (TPSA) is 126 Å². The molecule has 0 saturated carbocycles. The van der Waals surface area contributed by atoms with Crippen molar-refractivity contribution in [3.63, 3.8) is 0 Å². The van der Waals surface area contributed by atoms with Crippen molar-refractivity contribution in [2.24, 2.45) is 14.3 Å². The summed E-state index contributed by atoms with van der Waals surface area (Å²) in [5.74, 6) is 0. The molecule has 1 rings (SSSR count). The number of rotatable bonds is 6. The van der Waals surface area contributed by atoms with Crippen LogP contribution in [0.25, 0.3) is 10.4 Å². The molecule has 1 heterocycles. The summed E-state index contributed by atoms with van der Waals surface area (Å²) < 4.78 is 23.4. The van der Waals surface area contributed by atoms with Crippen LogP contribution in [0.15, 0.2) is 19.5 Å². The molecular weight excluding hydrogens is 364 g/mol. The summed E-state index contributed by atoms with van der Waals surface area (Å²) in [6, 6.07) is 0. The Kier molecular flexibility index (Phi) is 6.24. The van der Waals surface area contributed by atoms with Crippen LogP contribution in [-0.2, 0) is 20.3 Å². The molecule has 1 aromatic heterocycles. The van der Waals surface area contributed by atoms with Crippen LogP contribution < -0.4 is 5.14 Å². The second-order valence-electron chi connectivity index (χ2n) is 7.28. The maximum Gasteiger partial charge on any atom is 0.195 e. The second-order valence-corrected chi connectivity index (χ2v) is 15.5. The van der Waals surface area contributed by atoms with Gasteiger partial charge in [0.2, 0.25) is 0 Å². The molecule has 0 aliphatic rings. The molecule has 0 fully saturated rings. The van der Waals surface area contributed by atoms with Gasteiger partial charge in [-0.2, -0.15) is 0 Å². The van der Waals surface area contributed by atoms with Crippen molar-refractivity contribution < 1.29 is 8.95 Å². The van der Waals surface area contributed by atoms with Crippen molar-refractivity contribution in [2.45, 2.75) is 55.6 Å². The maximum atomic E-state index is 13.0. The van der Waals surface area contributed by atoms with Crippen LogP contribution in [0, 0.1) is 0 Å². The highest BCUT2D eigenvalue weighted by Gasteiger charge is 2.38. The smallest absolute Gasteiger partial charge is 0.195 e. The van der Waals surface area contributed by atoms with Gasteiger partial charge in [-0.15, -0.1) is 11.3 Å². The van der Waals surface area contributed by atoms with Crippen molar-refractivity contribution in [3.8, 4) is 0 Å². The van der Waals surface area contributed by atoms with E-state index >= 15 is 0 Å². The molecule has 0 spiro atoms. The minimum atomic E-state index is -3.04. The van der Waals surface area contributed by atoms with E-state index in [-0.39, 0.29) is 11.6 Å². The Hall–Kier alpha value is -0.973. The molecule has 2 atom stereocenters. The first-order chi connectivity index (χ1) is 10.8. The Morgan fingerprint density at radius 1 is 1.46 bits per heavy atom. The first-order valence-electron chi connectivity index (χ1n) is 7.37. The van der Waals surface area contributed by atoms with Crippen molar-refractivity contribution >= 4 is 29.5 Å². The average molecular weight is 391 g/mol. The fourth-order valence-electron chi connectivity index (χ4n) is 1.55. The van der Waals surface area contributed by atoms with Crippen LogP contribution in [0.3, 0.4) is 0 Å². The Balaban J connectivity index is 3.33. The van der Waals surface area contributed by atoms with Crippen LogP contribution >= 0.6 is 11.3 Å². The normalized spacial score (nSPS) is 17.5. The zero-order chi connectivity index (χ0) is 18.8. The van der Waals surface area contributed by atoms with Crippen molar-refractivity contribution in [3.05, 3.63) is 21.6 Å². The largest absolute Gasteiger partial charge is 0.371 e. The fourth-order valence-corrected chi connectivity index (χ4v) is 7.73. The maximum absolute atomic E-state index is 13.0. The molecule has 0 radical (unpaired) electrons. The zero-order valence-electron chi connectivity index (χ0n) is 15.2. The standard InChI is InChI=1S/C13H26N6O2S2Si/c1-12(2,3)24(6,7)19-23(15,20)10-8-16-11(22-10)13(4,21-5)9-17-18-14/h8H,9H2,1-7H3,(H2,15,19,20). The van der Waals surface area contributed by atoms with Crippen LogP contribution in [0.5, 0.6) is 0 Å². The number of ether oxygens (including phenoxy) is 1. The van der Waals surface area contributed by atoms with E-state index in [0.717, 1.165) is 0 Å². The first-order valence-corrected chi connectivity index (χ1v) is 12.7. The third-order valence-corrected chi connectivity index (χ3v) is 13.6. The quantitative estimate of drug-likeness (QED) is 0.341. The van der Waals surface area contributed by atoms with Gasteiger partial charge >= 0.3 is 0 Å². The summed E-state index contributed by atoms with van der Waals surface area (Å²) in [7, 11) is -3.71. The van der Waals surface area contributed by atoms with Crippen LogP contribution in [-0.4, -0.2) is 31.1 Å². The summed E-state index contributed by atoms with van der Waals surface area (Å²) in [5.41, 5.74) is 7.63. The van der Waals surface area contributed by atoms with Gasteiger partial charge in [0.15, 0.2) is 8.24 Å². The molecule has 0 aliphatic carbocycles. The van der Waals surface area contributed by atoms with E-state index in [2.05, 4.69) is 39.8 Å². The van der Waals surface area contributed by atoms with Gasteiger partial charge in [-0.1, -0.05) is 25.9 Å². The van der Waals surface area contributed by atoms with E-state index in [9.17, 15) is 4.21 Å². The van der Waals surface area contributed by atoms with E-state index < -0.39 is 23.8 Å². The Labute approximate surface area is 148 Å². The fraction of sp³-hybridized carbons (Fsp3) is 0.769. The molecule has 136 valence electrons. The number of thiazole rings is 1. The van der Waals surface area contributed by atoms with E-state index in [4.69, 9.17) is 15.4 Å². The Morgan fingerprint density at radius 2 is 2.04 bits per heavy atom. The van der Waals surface area contributed by atoms with Crippen LogP contribution in [0.1, 0.15) is 32.7 Å². The van der Waals surface area contributed by atoms with Gasteiger partial charge in [0, 0.05) is 12.0 Å². The predicted molar refractivity (Wildman–Crippen MR) is 101 cm³/mol. The second kappa shape index (κ2) is 7.10. The number of nitrogens with two attached hydrogens (primary N) is 1. The Morgan fingerprint density at radius 3 is 2.50 bits per heavy atom. The number of azide groups is 1. The zero-order valence-corrected chi connectivity index (χ0v) is 17.9. The van der Waals surface area contributed by atoms with Gasteiger partial charge in [-0.05, 0) is 30.6 Å². The molecule has 24 heavy (non-hydrogen) atoms. The SMILES string of the molecule is COC(C)(CN=[N+]=[N-])c1ncc(S(N)(=O)=N[Si](C)(C)C(C)(C)C)s1. The number of hydrogen-bond donors (Lipinski definition) is 1. The van der Waals surface area contributed by atoms with Crippen LogP contribution in [0.4, 0.5) is 0 Å². The van der Waals surface area contributed by atoms with E-state index in [1.54, 1.807) is 6.92 Å². The summed E-state index contributed by atoms with van der Waals surface area (Å²) in [6.45, 7) is 12.2. The van der Waals surface area contributed by atoms with Gasteiger partial charge in [0.1, 0.15) is 24.7 Å². The number of nitrogens with zero attached hydrogens (tertiary/aromatic N) is 5. The third kappa shape index (κ3) is 4.56. The highest BCUT2D eigenvalue weighted by atomic mass is 32.2. The number of hydrogen-bond acceptors (Lipinski definition) is 6. The van der Waals surface area contributed by atoms with E-state index in [0.29, 0.717) is 9.22 Å². The van der Waals surface area contributed by atoms with Gasteiger partial charge in [0.25, 0.3) is 0 Å². The van der Waals surface area contributed by atoms with E-state index in [1.165, 1.54) is 24.6 Å². The number of methoxy groups -OCH3 is 1. The molecule has 2 N–H and O–H groups in total. The highest BCUT2D eigenvalue weighted by Crippen LogP contribution is 2.38. The lowest BCUT2D eigenvalue weighted by atomic mass is 10.1. The van der Waals surface area contributed by atoms with Crippen molar-refractivity contribution in [1.82, 2.24) is 4.98 Å². The predicted octanol–water partition coefficient (Wildman–Crippen LogP) is 4.02. The van der Waals surface area contributed by atoms with Gasteiger partial charge in [0.05, 0.1) is 12.7 Å². The molecule has 0 amide bonds. The minimum Gasteiger partial charge on any atom is -0.371 e. The molecule has 0 aliphatic heterocycles. The summed E-state index contributed by atoms with van der Waals surface area (Å²) in [4.78, 5) is 7.03. The molecule has 11 heteroatoms. The Bertz CT molecular complexity index is 757. The highest BCUT2D eigenvalue weighted by molar-refractivity contribution is 7.94. The first kappa shape index (κ1) is 21.1. The summed E-state index contributed by atoms with van der Waals surface area (Å²) in [6.07, 6.45) is 1.48. The molecule has 0 bridgehead atoms.